The molecule has 0 fully saturated rings. The van der Waals surface area contributed by atoms with Gasteiger partial charge in [0.1, 0.15) is 0 Å². The number of hydrogen-bond donors (Lipinski definition) is 0. The molecule has 0 aliphatic heterocycles. The zero-order valence-electron chi connectivity index (χ0n) is 23.5. The average Bonchev–Trinajstić information content (AvgIpc) is 3.10. The zero-order valence-corrected chi connectivity index (χ0v) is 23.5. The fraction of sp³-hybridized carbons (Fsp3) is 0. The lowest BCUT2D eigenvalue weighted by Gasteiger charge is -2.14. The van der Waals surface area contributed by atoms with Gasteiger partial charge in [-0.15, -0.1) is 0 Å². The Balaban J connectivity index is 1.21. The molecular formula is C39H23N5. The van der Waals surface area contributed by atoms with Gasteiger partial charge >= 0.3 is 0 Å². The molecule has 5 nitrogen and oxygen atoms in total. The zero-order chi connectivity index (χ0) is 29.0. The number of para-hydroxylation sites is 1. The highest BCUT2D eigenvalue weighted by Crippen LogP contribution is 2.39. The summed E-state index contributed by atoms with van der Waals surface area (Å²) >= 11 is 0. The van der Waals surface area contributed by atoms with E-state index in [1.807, 2.05) is 85.1 Å². The standard InChI is InChI=1S/C39H23N5/c1-2-7-27(8-3-1)37-42-38(29-17-15-28(16-18-29)36-40-23-30-9-4-5-12-33(30)41-36)44-39(43-37)32-22-20-26-14-13-24-10-6-11-25-19-21-31(32)35(26)34(24)25/h1-23H. The summed E-state index contributed by atoms with van der Waals surface area (Å²) in [5.74, 6) is 2.59. The van der Waals surface area contributed by atoms with Gasteiger partial charge in [-0.2, -0.15) is 0 Å². The molecule has 204 valence electrons. The van der Waals surface area contributed by atoms with Crippen LogP contribution < -0.4 is 0 Å². The van der Waals surface area contributed by atoms with Crippen molar-refractivity contribution in [1.29, 1.82) is 0 Å². The molecule has 0 bridgehead atoms. The van der Waals surface area contributed by atoms with Crippen molar-refractivity contribution < 1.29 is 0 Å². The molecule has 0 saturated heterocycles. The third-order valence-electron chi connectivity index (χ3n) is 8.33. The van der Waals surface area contributed by atoms with E-state index in [9.17, 15) is 0 Å². The number of benzene rings is 7. The van der Waals surface area contributed by atoms with Gasteiger partial charge in [-0.05, 0) is 44.5 Å². The Morgan fingerprint density at radius 3 is 1.68 bits per heavy atom. The van der Waals surface area contributed by atoms with Gasteiger partial charge in [-0.1, -0.05) is 121 Å². The third kappa shape index (κ3) is 3.98. The van der Waals surface area contributed by atoms with Crippen molar-refractivity contribution >= 4 is 43.2 Å². The van der Waals surface area contributed by atoms with Crippen LogP contribution in [-0.4, -0.2) is 24.9 Å². The van der Waals surface area contributed by atoms with Crippen LogP contribution in [0, 0.1) is 0 Å². The fourth-order valence-electron chi connectivity index (χ4n) is 6.15. The molecule has 2 heterocycles. The van der Waals surface area contributed by atoms with Gasteiger partial charge in [-0.25, -0.2) is 24.9 Å². The van der Waals surface area contributed by atoms with E-state index in [2.05, 4.69) is 59.6 Å². The van der Waals surface area contributed by atoms with E-state index in [1.54, 1.807) is 0 Å². The van der Waals surface area contributed by atoms with Crippen LogP contribution in [-0.2, 0) is 0 Å². The van der Waals surface area contributed by atoms with Gasteiger partial charge < -0.3 is 0 Å². The van der Waals surface area contributed by atoms with E-state index in [-0.39, 0.29) is 0 Å². The summed E-state index contributed by atoms with van der Waals surface area (Å²) in [5, 5.41) is 8.33. The maximum absolute atomic E-state index is 5.07. The monoisotopic (exact) mass is 561 g/mol. The summed E-state index contributed by atoms with van der Waals surface area (Å²) in [6, 6.07) is 45.8. The molecule has 2 aromatic heterocycles. The van der Waals surface area contributed by atoms with Gasteiger partial charge in [0.15, 0.2) is 23.3 Å². The second kappa shape index (κ2) is 9.75. The molecule has 5 heteroatoms. The van der Waals surface area contributed by atoms with E-state index in [1.165, 1.54) is 26.9 Å². The lowest BCUT2D eigenvalue weighted by molar-refractivity contribution is 1.08. The van der Waals surface area contributed by atoms with Gasteiger partial charge in [0.05, 0.1) is 5.52 Å². The van der Waals surface area contributed by atoms with E-state index >= 15 is 0 Å². The van der Waals surface area contributed by atoms with Crippen LogP contribution in [0.4, 0.5) is 0 Å². The lowest BCUT2D eigenvalue weighted by Crippen LogP contribution is -2.01. The van der Waals surface area contributed by atoms with E-state index in [0.717, 1.165) is 38.5 Å². The second-order valence-electron chi connectivity index (χ2n) is 11.0. The minimum Gasteiger partial charge on any atom is -0.236 e. The van der Waals surface area contributed by atoms with E-state index in [4.69, 9.17) is 19.9 Å². The predicted octanol–water partition coefficient (Wildman–Crippen LogP) is 9.38. The first kappa shape index (κ1) is 24.5. The highest BCUT2D eigenvalue weighted by molar-refractivity contribution is 6.25. The number of rotatable bonds is 4. The topological polar surface area (TPSA) is 64.5 Å². The summed E-state index contributed by atoms with van der Waals surface area (Å²) in [7, 11) is 0. The van der Waals surface area contributed by atoms with Crippen molar-refractivity contribution in [2.75, 3.05) is 0 Å². The smallest absolute Gasteiger partial charge is 0.164 e. The number of nitrogens with zero attached hydrogens (tertiary/aromatic N) is 5. The highest BCUT2D eigenvalue weighted by atomic mass is 15.0. The number of aromatic nitrogens is 5. The quantitative estimate of drug-likeness (QED) is 0.200. The normalized spacial score (nSPS) is 11.6. The minimum absolute atomic E-state index is 0.616. The summed E-state index contributed by atoms with van der Waals surface area (Å²) in [5.41, 5.74) is 4.68. The second-order valence-corrected chi connectivity index (χ2v) is 11.0. The Morgan fingerprint density at radius 2 is 0.909 bits per heavy atom. The molecule has 0 atom stereocenters. The maximum atomic E-state index is 5.07. The largest absolute Gasteiger partial charge is 0.236 e. The molecule has 0 spiro atoms. The molecule has 9 rings (SSSR count). The van der Waals surface area contributed by atoms with Gasteiger partial charge in [-0.3, -0.25) is 0 Å². The average molecular weight is 562 g/mol. The first-order valence-corrected chi connectivity index (χ1v) is 14.6. The van der Waals surface area contributed by atoms with Crippen molar-refractivity contribution in [2.24, 2.45) is 0 Å². The van der Waals surface area contributed by atoms with Gasteiger partial charge in [0.25, 0.3) is 0 Å². The first-order valence-electron chi connectivity index (χ1n) is 14.6. The molecule has 0 N–H and O–H groups in total. The van der Waals surface area contributed by atoms with E-state index in [0.29, 0.717) is 23.3 Å². The van der Waals surface area contributed by atoms with Crippen molar-refractivity contribution in [3.05, 3.63) is 140 Å². The Bertz CT molecular complexity index is 2470. The number of hydrogen-bond acceptors (Lipinski definition) is 5. The number of fused-ring (bicyclic) bond motifs is 1. The molecule has 0 saturated carbocycles. The SMILES string of the molecule is c1ccc(-c2nc(-c3ccc(-c4ncc5ccccc5n4)cc3)nc(-c3ccc4ccc5cccc6ccc3c4c56)n2)cc1. The Hall–Kier alpha value is -6.07. The molecule has 0 radical (unpaired) electrons. The van der Waals surface area contributed by atoms with Crippen LogP contribution in [0.5, 0.6) is 0 Å². The summed E-state index contributed by atoms with van der Waals surface area (Å²) in [6.07, 6.45) is 1.87. The van der Waals surface area contributed by atoms with Gasteiger partial charge in [0, 0.05) is 33.8 Å². The van der Waals surface area contributed by atoms with Crippen LogP contribution in [0.1, 0.15) is 0 Å². The lowest BCUT2D eigenvalue weighted by atomic mass is 9.92. The molecule has 0 unspecified atom stereocenters. The van der Waals surface area contributed by atoms with Crippen molar-refractivity contribution in [2.45, 2.75) is 0 Å². The summed E-state index contributed by atoms with van der Waals surface area (Å²) in [4.78, 5) is 24.4. The fourth-order valence-corrected chi connectivity index (χ4v) is 6.15. The maximum Gasteiger partial charge on any atom is 0.164 e. The molecule has 7 aromatic carbocycles. The van der Waals surface area contributed by atoms with Crippen LogP contribution in [0.3, 0.4) is 0 Å². The first-order chi connectivity index (χ1) is 21.8. The molecule has 0 aliphatic carbocycles. The Labute approximate surface area is 252 Å². The Kier molecular flexibility index (Phi) is 5.43. The van der Waals surface area contributed by atoms with Crippen LogP contribution in [0.2, 0.25) is 0 Å². The molecule has 44 heavy (non-hydrogen) atoms. The van der Waals surface area contributed by atoms with Crippen LogP contribution in [0.15, 0.2) is 140 Å². The summed E-state index contributed by atoms with van der Waals surface area (Å²) in [6.45, 7) is 0. The van der Waals surface area contributed by atoms with Crippen molar-refractivity contribution in [1.82, 2.24) is 24.9 Å². The third-order valence-corrected chi connectivity index (χ3v) is 8.33. The van der Waals surface area contributed by atoms with E-state index < -0.39 is 0 Å². The predicted molar refractivity (Wildman–Crippen MR) is 178 cm³/mol. The van der Waals surface area contributed by atoms with Gasteiger partial charge in [0.2, 0.25) is 0 Å². The minimum atomic E-state index is 0.616. The van der Waals surface area contributed by atoms with Crippen molar-refractivity contribution in [3.8, 4) is 45.6 Å². The molecular weight excluding hydrogens is 538 g/mol. The highest BCUT2D eigenvalue weighted by Gasteiger charge is 2.17. The van der Waals surface area contributed by atoms with Crippen LogP contribution >= 0.6 is 0 Å². The Morgan fingerprint density at radius 1 is 0.341 bits per heavy atom. The molecule has 0 aliphatic rings. The molecule has 0 amide bonds. The molecule has 9 aromatic rings. The van der Waals surface area contributed by atoms with Crippen LogP contribution in [0.25, 0.3) is 88.8 Å². The van der Waals surface area contributed by atoms with Crippen molar-refractivity contribution in [3.63, 3.8) is 0 Å². The summed E-state index contributed by atoms with van der Waals surface area (Å²) < 4.78 is 0.